The Kier molecular flexibility index (Phi) is 6.01. The Balaban J connectivity index is 1.54. The van der Waals surface area contributed by atoms with Crippen LogP contribution in [0, 0.1) is 6.92 Å². The number of carbonyl (C=O) groups excluding carboxylic acids is 1. The van der Waals surface area contributed by atoms with Crippen LogP contribution < -0.4 is 10.1 Å². The van der Waals surface area contributed by atoms with Gasteiger partial charge in [-0.05, 0) is 43.3 Å². The number of rotatable bonds is 6. The van der Waals surface area contributed by atoms with Gasteiger partial charge in [-0.3, -0.25) is 4.79 Å². The number of aryl methyl sites for hydroxylation is 2. The number of nitrogens with zero attached hydrogens (tertiary/aromatic N) is 4. The molecular weight excluding hydrogens is 462 g/mol. The number of methoxy groups -OCH3 is 1. The van der Waals surface area contributed by atoms with Crippen molar-refractivity contribution in [2.75, 3.05) is 7.11 Å². The number of nitrogens with one attached hydrogen (secondary N) is 1. The van der Waals surface area contributed by atoms with Gasteiger partial charge in [0.15, 0.2) is 0 Å². The molecule has 2 heterocycles. The summed E-state index contributed by atoms with van der Waals surface area (Å²) in [7, 11) is 3.52. The van der Waals surface area contributed by atoms with E-state index in [1.54, 1.807) is 25.6 Å². The van der Waals surface area contributed by atoms with E-state index >= 15 is 0 Å². The van der Waals surface area contributed by atoms with Gasteiger partial charge in [0.2, 0.25) is 0 Å². The first kappa shape index (κ1) is 22.7. The molecule has 0 radical (unpaired) electrons. The number of fused-ring (bicyclic) bond motifs is 1. The van der Waals surface area contributed by atoms with Crippen LogP contribution in [0.1, 0.15) is 33.5 Å². The van der Waals surface area contributed by atoms with Gasteiger partial charge in [0, 0.05) is 29.4 Å². The van der Waals surface area contributed by atoms with Gasteiger partial charge in [-0.25, -0.2) is 9.97 Å². The highest BCUT2D eigenvalue weighted by atomic mass is 35.5. The van der Waals surface area contributed by atoms with E-state index < -0.39 is 6.04 Å². The van der Waals surface area contributed by atoms with Crippen molar-refractivity contribution in [2.45, 2.75) is 13.0 Å². The molecule has 0 spiro atoms. The zero-order valence-electron chi connectivity index (χ0n) is 19.6. The molecule has 8 heteroatoms. The van der Waals surface area contributed by atoms with Crippen molar-refractivity contribution in [2.24, 2.45) is 7.05 Å². The lowest BCUT2D eigenvalue weighted by Gasteiger charge is -2.21. The first-order valence-electron chi connectivity index (χ1n) is 11.1. The van der Waals surface area contributed by atoms with Crippen molar-refractivity contribution in [3.8, 4) is 11.4 Å². The minimum absolute atomic E-state index is 0.270. The monoisotopic (exact) mass is 485 g/mol. The third-order valence-electron chi connectivity index (χ3n) is 6.00. The quantitative estimate of drug-likeness (QED) is 0.356. The van der Waals surface area contributed by atoms with Gasteiger partial charge in [-0.15, -0.1) is 0 Å². The SMILES string of the molecule is COc1cc(C(=O)NC(c2ccccc2Cl)c2nc3ccccc3n2C)ccc1-n1cnc(C)c1. The minimum atomic E-state index is -0.560. The summed E-state index contributed by atoms with van der Waals surface area (Å²) in [4.78, 5) is 22.6. The lowest BCUT2D eigenvalue weighted by Crippen LogP contribution is -2.31. The number of halogens is 1. The van der Waals surface area contributed by atoms with Crippen molar-refractivity contribution >= 4 is 28.5 Å². The lowest BCUT2D eigenvalue weighted by molar-refractivity contribution is 0.0941. The average molecular weight is 486 g/mol. The molecule has 35 heavy (non-hydrogen) atoms. The summed E-state index contributed by atoms with van der Waals surface area (Å²) in [5.41, 5.74) is 4.71. The summed E-state index contributed by atoms with van der Waals surface area (Å²) in [5, 5.41) is 3.69. The highest BCUT2D eigenvalue weighted by molar-refractivity contribution is 6.31. The summed E-state index contributed by atoms with van der Waals surface area (Å²) in [6.07, 6.45) is 3.61. The fourth-order valence-corrected chi connectivity index (χ4v) is 4.46. The van der Waals surface area contributed by atoms with E-state index in [4.69, 9.17) is 21.3 Å². The number of amides is 1. The Morgan fingerprint density at radius 2 is 1.86 bits per heavy atom. The average Bonchev–Trinajstić information content (AvgIpc) is 3.45. The number of benzene rings is 3. The van der Waals surface area contributed by atoms with Crippen molar-refractivity contribution in [1.82, 2.24) is 24.4 Å². The predicted molar refractivity (Wildman–Crippen MR) is 136 cm³/mol. The van der Waals surface area contributed by atoms with Crippen LogP contribution in [-0.4, -0.2) is 32.1 Å². The molecule has 7 nitrogen and oxygen atoms in total. The van der Waals surface area contributed by atoms with E-state index in [0.717, 1.165) is 28.0 Å². The fraction of sp³-hybridized carbons (Fsp3) is 0.148. The van der Waals surface area contributed by atoms with Crippen molar-refractivity contribution in [3.63, 3.8) is 0 Å². The van der Waals surface area contributed by atoms with Crippen LogP contribution in [0.5, 0.6) is 5.75 Å². The molecular formula is C27H24ClN5O2. The van der Waals surface area contributed by atoms with Crippen molar-refractivity contribution in [1.29, 1.82) is 0 Å². The molecule has 0 fully saturated rings. The van der Waals surface area contributed by atoms with Crippen molar-refractivity contribution in [3.05, 3.63) is 107 Å². The number of ether oxygens (including phenoxy) is 1. The number of hydrogen-bond donors (Lipinski definition) is 1. The molecule has 0 bridgehead atoms. The molecule has 0 saturated carbocycles. The highest BCUT2D eigenvalue weighted by Gasteiger charge is 2.25. The van der Waals surface area contributed by atoms with Gasteiger partial charge in [0.05, 0.1) is 35.9 Å². The maximum absolute atomic E-state index is 13.5. The van der Waals surface area contributed by atoms with E-state index in [1.165, 1.54) is 0 Å². The van der Waals surface area contributed by atoms with E-state index in [9.17, 15) is 4.79 Å². The summed E-state index contributed by atoms with van der Waals surface area (Å²) in [5.74, 6) is 0.978. The van der Waals surface area contributed by atoms with Gasteiger partial charge >= 0.3 is 0 Å². The van der Waals surface area contributed by atoms with Crippen LogP contribution in [0.25, 0.3) is 16.7 Å². The van der Waals surface area contributed by atoms with Crippen LogP contribution in [0.2, 0.25) is 5.02 Å². The smallest absolute Gasteiger partial charge is 0.252 e. The molecule has 1 atom stereocenters. The molecule has 5 rings (SSSR count). The summed E-state index contributed by atoms with van der Waals surface area (Å²) < 4.78 is 9.43. The van der Waals surface area contributed by atoms with Crippen molar-refractivity contribution < 1.29 is 9.53 Å². The topological polar surface area (TPSA) is 74.0 Å². The highest BCUT2D eigenvalue weighted by Crippen LogP contribution is 2.31. The van der Waals surface area contributed by atoms with Gasteiger partial charge in [0.1, 0.15) is 17.6 Å². The Hall–Kier alpha value is -4.10. The van der Waals surface area contributed by atoms with Gasteiger partial charge in [-0.2, -0.15) is 0 Å². The standard InChI is InChI=1S/C27H24ClN5O2/c1-17-15-33(16-29-17)23-13-12-18(14-24(23)35-3)27(34)31-25(19-8-4-5-9-20(19)28)26-30-21-10-6-7-11-22(21)32(26)2/h4-16,25H,1-3H3,(H,31,34). The number of carbonyl (C=O) groups is 1. The molecule has 0 aliphatic heterocycles. The Morgan fingerprint density at radius 1 is 1.09 bits per heavy atom. The Labute approximate surface area is 208 Å². The fourth-order valence-electron chi connectivity index (χ4n) is 4.21. The van der Waals surface area contributed by atoms with Crippen LogP contribution in [0.15, 0.2) is 79.3 Å². The normalized spacial score (nSPS) is 12.0. The first-order chi connectivity index (χ1) is 17.0. The van der Waals surface area contributed by atoms with Gasteiger partial charge < -0.3 is 19.2 Å². The molecule has 0 saturated heterocycles. The lowest BCUT2D eigenvalue weighted by atomic mass is 10.0. The van der Waals surface area contributed by atoms with Crippen LogP contribution in [-0.2, 0) is 7.05 Å². The zero-order valence-corrected chi connectivity index (χ0v) is 20.3. The van der Waals surface area contributed by atoms with Gasteiger partial charge in [-0.1, -0.05) is 41.9 Å². The maximum atomic E-state index is 13.5. The van der Waals surface area contributed by atoms with Crippen LogP contribution in [0.4, 0.5) is 0 Å². The molecule has 3 aromatic carbocycles. The van der Waals surface area contributed by atoms with Gasteiger partial charge in [0.25, 0.3) is 5.91 Å². The Morgan fingerprint density at radius 3 is 2.57 bits per heavy atom. The maximum Gasteiger partial charge on any atom is 0.252 e. The molecule has 0 aliphatic rings. The van der Waals surface area contributed by atoms with Crippen LogP contribution in [0.3, 0.4) is 0 Å². The third-order valence-corrected chi connectivity index (χ3v) is 6.35. The largest absolute Gasteiger partial charge is 0.495 e. The van der Waals surface area contributed by atoms with E-state index in [2.05, 4.69) is 10.3 Å². The van der Waals surface area contributed by atoms with Crippen LogP contribution >= 0.6 is 11.6 Å². The minimum Gasteiger partial charge on any atom is -0.495 e. The number of aromatic nitrogens is 4. The molecule has 5 aromatic rings. The first-order valence-corrected chi connectivity index (χ1v) is 11.5. The number of para-hydroxylation sites is 2. The molecule has 1 amide bonds. The summed E-state index contributed by atoms with van der Waals surface area (Å²) in [6, 6.07) is 20.1. The summed E-state index contributed by atoms with van der Waals surface area (Å²) in [6.45, 7) is 1.92. The van der Waals surface area contributed by atoms with E-state index in [-0.39, 0.29) is 5.91 Å². The second-order valence-corrected chi connectivity index (χ2v) is 8.66. The second-order valence-electron chi connectivity index (χ2n) is 8.25. The predicted octanol–water partition coefficient (Wildman–Crippen LogP) is 5.25. The zero-order chi connectivity index (χ0) is 24.5. The second kappa shape index (κ2) is 9.27. The van der Waals surface area contributed by atoms with E-state index in [0.29, 0.717) is 22.2 Å². The molecule has 1 unspecified atom stereocenters. The third kappa shape index (κ3) is 4.26. The molecule has 1 N–H and O–H groups in total. The summed E-state index contributed by atoms with van der Waals surface area (Å²) >= 11 is 6.57. The molecule has 0 aliphatic carbocycles. The number of imidazole rings is 2. The van der Waals surface area contributed by atoms with E-state index in [1.807, 2.05) is 83.9 Å². The molecule has 176 valence electrons. The Bertz CT molecular complexity index is 1540. The molecule has 2 aromatic heterocycles. The number of hydrogen-bond acceptors (Lipinski definition) is 4.